The second kappa shape index (κ2) is 6.12. The summed E-state index contributed by atoms with van der Waals surface area (Å²) >= 11 is 0. The summed E-state index contributed by atoms with van der Waals surface area (Å²) in [6, 6.07) is 9.26. The molecule has 0 saturated carbocycles. The fraction of sp³-hybridized carbons (Fsp3) is 0.312. The summed E-state index contributed by atoms with van der Waals surface area (Å²) in [5.41, 5.74) is -2.60. The topological polar surface area (TPSA) is 37.6 Å². The zero-order chi connectivity index (χ0) is 18.2. The first-order valence-electron chi connectivity index (χ1n) is 7.24. The Balaban J connectivity index is 2.07. The van der Waals surface area contributed by atoms with Gasteiger partial charge in [0.2, 0.25) is 0 Å². The minimum absolute atomic E-state index is 0.0121. The molecule has 0 aliphatic carbocycles. The molecule has 132 valence electrons. The number of halogens is 6. The molecule has 2 heterocycles. The monoisotopic (exact) mass is 359 g/mol. The molecule has 9 heteroatoms. The summed E-state index contributed by atoms with van der Waals surface area (Å²) in [6.45, 7) is 0.0121. The summed E-state index contributed by atoms with van der Waals surface area (Å²) in [4.78, 5) is 2.73. The molecule has 2 atom stereocenters. The lowest BCUT2D eigenvalue weighted by Crippen LogP contribution is -2.18. The first-order chi connectivity index (χ1) is 11.7. The highest BCUT2D eigenvalue weighted by Gasteiger charge is 2.40. The first kappa shape index (κ1) is 17.4. The molecule has 0 amide bonds. The van der Waals surface area contributed by atoms with Crippen LogP contribution in [0.15, 0.2) is 52.7 Å². The molecule has 0 saturated heterocycles. The van der Waals surface area contributed by atoms with Crippen LogP contribution in [-0.2, 0) is 12.4 Å². The quantitative estimate of drug-likeness (QED) is 0.661. The molecule has 2 aromatic rings. The molecule has 3 nitrogen and oxygen atoms in total. The normalized spacial score (nSPS) is 20.9. The summed E-state index contributed by atoms with van der Waals surface area (Å²) in [7, 11) is 0. The van der Waals surface area contributed by atoms with Gasteiger partial charge >= 0.3 is 12.4 Å². The molecule has 0 bridgehead atoms. The van der Waals surface area contributed by atoms with Crippen molar-refractivity contribution in [3.63, 3.8) is 0 Å². The van der Waals surface area contributed by atoms with Gasteiger partial charge in [0.15, 0.2) is 0 Å². The predicted octanol–water partition coefficient (Wildman–Crippen LogP) is 5.41. The van der Waals surface area contributed by atoms with E-state index in [1.54, 1.807) is 30.3 Å². The summed E-state index contributed by atoms with van der Waals surface area (Å²) in [6.07, 6.45) is -9.96. The van der Waals surface area contributed by atoms with Crippen molar-refractivity contribution >= 4 is 0 Å². The molecule has 3 rings (SSSR count). The van der Waals surface area contributed by atoms with Gasteiger partial charge < -0.3 is 0 Å². The fourth-order valence-corrected chi connectivity index (χ4v) is 2.70. The molecule has 0 N–H and O–H groups in total. The molecule has 0 spiro atoms. The van der Waals surface area contributed by atoms with Gasteiger partial charge in [-0.15, -0.1) is 0 Å². The number of hydrogen-bond donors (Lipinski definition) is 0. The average molecular weight is 359 g/mol. The Morgan fingerprint density at radius 3 is 1.88 bits per heavy atom. The minimum Gasteiger partial charge on any atom is -0.239 e. The van der Waals surface area contributed by atoms with Crippen LogP contribution in [0.3, 0.4) is 0 Å². The zero-order valence-electron chi connectivity index (χ0n) is 12.5. The van der Waals surface area contributed by atoms with E-state index in [1.807, 2.05) is 0 Å². The number of rotatable bonds is 2. The van der Waals surface area contributed by atoms with Crippen molar-refractivity contribution in [2.45, 2.75) is 24.3 Å². The van der Waals surface area contributed by atoms with Gasteiger partial charge in [-0.05, 0) is 23.3 Å². The molecule has 0 fully saturated rings. The summed E-state index contributed by atoms with van der Waals surface area (Å²) in [5, 5.41) is 7.81. The molecule has 0 radical (unpaired) electrons. The number of benzene rings is 1. The van der Waals surface area contributed by atoms with Crippen molar-refractivity contribution in [1.82, 2.24) is 4.98 Å². The molecule has 2 unspecified atom stereocenters. The molecular formula is C16H11F6N3. The maximum Gasteiger partial charge on any atom is 0.433 e. The zero-order valence-corrected chi connectivity index (χ0v) is 12.5. The van der Waals surface area contributed by atoms with Crippen LogP contribution in [0.5, 0.6) is 0 Å². The third-order valence-electron chi connectivity index (χ3n) is 3.86. The lowest BCUT2D eigenvalue weighted by Gasteiger charge is -2.20. The van der Waals surface area contributed by atoms with Crippen LogP contribution in [0.25, 0.3) is 0 Å². The van der Waals surface area contributed by atoms with Crippen molar-refractivity contribution in [2.24, 2.45) is 10.2 Å². The second-order valence-electron chi connectivity index (χ2n) is 5.57. The molecule has 1 aliphatic rings. The maximum atomic E-state index is 13.0. The Bertz CT molecular complexity index is 750. The highest BCUT2D eigenvalue weighted by atomic mass is 19.4. The SMILES string of the molecule is FC(F)(F)c1cc(C2CN=NC2c2ccccc2)cc(C(F)(F)F)n1. The number of aromatic nitrogens is 1. The third-order valence-corrected chi connectivity index (χ3v) is 3.86. The van der Waals surface area contributed by atoms with E-state index in [0.29, 0.717) is 17.7 Å². The van der Waals surface area contributed by atoms with E-state index < -0.39 is 35.7 Å². The van der Waals surface area contributed by atoms with E-state index >= 15 is 0 Å². The van der Waals surface area contributed by atoms with Gasteiger partial charge in [-0.2, -0.15) is 36.6 Å². The van der Waals surface area contributed by atoms with E-state index in [4.69, 9.17) is 0 Å². The van der Waals surface area contributed by atoms with Crippen molar-refractivity contribution in [1.29, 1.82) is 0 Å². The van der Waals surface area contributed by atoms with E-state index in [1.165, 1.54) is 0 Å². The van der Waals surface area contributed by atoms with Crippen LogP contribution in [-0.4, -0.2) is 11.5 Å². The predicted molar refractivity (Wildman–Crippen MR) is 75.9 cm³/mol. The first-order valence-corrected chi connectivity index (χ1v) is 7.24. The number of nitrogens with zero attached hydrogens (tertiary/aromatic N) is 3. The van der Waals surface area contributed by atoms with E-state index in [9.17, 15) is 26.3 Å². The van der Waals surface area contributed by atoms with E-state index in [-0.39, 0.29) is 12.1 Å². The van der Waals surface area contributed by atoms with E-state index in [0.717, 1.165) is 0 Å². The van der Waals surface area contributed by atoms with Crippen molar-refractivity contribution in [2.75, 3.05) is 6.54 Å². The van der Waals surface area contributed by atoms with Crippen molar-refractivity contribution in [3.8, 4) is 0 Å². The van der Waals surface area contributed by atoms with Crippen LogP contribution < -0.4 is 0 Å². The summed E-state index contributed by atoms with van der Waals surface area (Å²) < 4.78 is 77.8. The average Bonchev–Trinajstić information content (AvgIpc) is 3.03. The number of hydrogen-bond acceptors (Lipinski definition) is 3. The molecule has 1 aromatic heterocycles. The number of azo groups is 1. The van der Waals surface area contributed by atoms with Gasteiger partial charge in [-0.1, -0.05) is 30.3 Å². The van der Waals surface area contributed by atoms with Crippen LogP contribution in [0.1, 0.15) is 34.5 Å². The van der Waals surface area contributed by atoms with Gasteiger partial charge in [-0.3, -0.25) is 0 Å². The Kier molecular flexibility index (Phi) is 4.26. The van der Waals surface area contributed by atoms with Crippen LogP contribution >= 0.6 is 0 Å². The Labute approximate surface area is 138 Å². The van der Waals surface area contributed by atoms with Crippen LogP contribution in [0.2, 0.25) is 0 Å². The lowest BCUT2D eigenvalue weighted by atomic mass is 9.88. The highest BCUT2D eigenvalue weighted by molar-refractivity contribution is 5.33. The number of pyridine rings is 1. The summed E-state index contributed by atoms with van der Waals surface area (Å²) in [5.74, 6) is -0.715. The Hall–Kier alpha value is -2.45. The minimum atomic E-state index is -4.98. The molecule has 1 aliphatic heterocycles. The van der Waals surface area contributed by atoms with Crippen LogP contribution in [0, 0.1) is 0 Å². The van der Waals surface area contributed by atoms with Crippen molar-refractivity contribution in [3.05, 3.63) is 65.0 Å². The molecule has 1 aromatic carbocycles. The second-order valence-corrected chi connectivity index (χ2v) is 5.57. The lowest BCUT2D eigenvalue weighted by molar-refractivity contribution is -0.150. The van der Waals surface area contributed by atoms with Gasteiger partial charge in [0, 0.05) is 5.92 Å². The van der Waals surface area contributed by atoms with Gasteiger partial charge in [0.25, 0.3) is 0 Å². The van der Waals surface area contributed by atoms with E-state index in [2.05, 4.69) is 15.2 Å². The smallest absolute Gasteiger partial charge is 0.239 e. The standard InChI is InChI=1S/C16H11F6N3/c17-15(18,19)12-6-10(7-13(24-12)16(20,21)22)11-8-23-25-14(11)9-4-2-1-3-5-9/h1-7,11,14H,8H2. The highest BCUT2D eigenvalue weighted by Crippen LogP contribution is 2.42. The molecular weight excluding hydrogens is 348 g/mol. The van der Waals surface area contributed by atoms with Crippen LogP contribution in [0.4, 0.5) is 26.3 Å². The van der Waals surface area contributed by atoms with Crippen molar-refractivity contribution < 1.29 is 26.3 Å². The maximum absolute atomic E-state index is 13.0. The Morgan fingerprint density at radius 2 is 1.36 bits per heavy atom. The van der Waals surface area contributed by atoms with Gasteiger partial charge in [0.05, 0.1) is 6.54 Å². The number of alkyl halides is 6. The van der Waals surface area contributed by atoms with Gasteiger partial charge in [-0.25, -0.2) is 4.98 Å². The van der Waals surface area contributed by atoms with Gasteiger partial charge in [0.1, 0.15) is 17.4 Å². The third kappa shape index (κ3) is 3.64. The fourth-order valence-electron chi connectivity index (χ4n) is 2.70. The largest absolute Gasteiger partial charge is 0.433 e. The molecule has 25 heavy (non-hydrogen) atoms. The Morgan fingerprint density at radius 1 is 0.800 bits per heavy atom.